The molecule has 0 radical (unpaired) electrons. The Morgan fingerprint density at radius 2 is 1.88 bits per heavy atom. The summed E-state index contributed by atoms with van der Waals surface area (Å²) in [6, 6.07) is 17.2. The number of amides is 1. The number of rotatable bonds is 4. The van der Waals surface area contributed by atoms with Crippen LogP contribution < -0.4 is 10.1 Å². The lowest BCUT2D eigenvalue weighted by atomic mass is 10.0. The van der Waals surface area contributed by atoms with Crippen molar-refractivity contribution in [2.75, 3.05) is 13.2 Å². The zero-order valence-electron chi connectivity index (χ0n) is 14.0. The molecule has 26 heavy (non-hydrogen) atoms. The third-order valence-electron chi connectivity index (χ3n) is 4.13. The molecule has 2 aromatic carbocycles. The van der Waals surface area contributed by atoms with Crippen LogP contribution in [-0.2, 0) is 4.74 Å². The van der Waals surface area contributed by atoms with E-state index in [4.69, 9.17) is 20.0 Å². The van der Waals surface area contributed by atoms with Crippen LogP contribution in [0.4, 0.5) is 0 Å². The van der Waals surface area contributed by atoms with Gasteiger partial charge in [-0.3, -0.25) is 4.79 Å². The minimum absolute atomic E-state index is 0.236. The molecule has 2 aromatic rings. The third-order valence-corrected chi connectivity index (χ3v) is 4.13. The first-order chi connectivity index (χ1) is 12.7. The molecule has 1 saturated heterocycles. The van der Waals surface area contributed by atoms with Crippen LogP contribution in [0.5, 0.6) is 5.75 Å². The molecule has 0 spiro atoms. The van der Waals surface area contributed by atoms with E-state index in [1.54, 1.807) is 48.5 Å². The van der Waals surface area contributed by atoms with E-state index in [1.807, 2.05) is 6.07 Å². The average molecular weight is 347 g/mol. The molecule has 0 aromatic heterocycles. The van der Waals surface area contributed by atoms with Crippen molar-refractivity contribution in [3.8, 4) is 17.9 Å². The van der Waals surface area contributed by atoms with Crippen LogP contribution in [0.2, 0.25) is 0 Å². The van der Waals surface area contributed by atoms with Crippen LogP contribution in [0.3, 0.4) is 0 Å². The van der Waals surface area contributed by atoms with Crippen molar-refractivity contribution in [1.82, 2.24) is 5.32 Å². The first-order valence-electron chi connectivity index (χ1n) is 8.25. The standard InChI is InChI=1S/C20H17N3O3/c21-11-14-4-6-17(7-5-14)26-19-8-9-25-13-18(19)23-20(24)16-3-1-2-15(10-16)12-22/h1-7,10,18-19H,8-9,13H2,(H,23,24)/t18-,19-/m1/s1. The molecule has 3 rings (SSSR count). The van der Waals surface area contributed by atoms with Crippen molar-refractivity contribution in [3.05, 3.63) is 65.2 Å². The van der Waals surface area contributed by atoms with Crippen molar-refractivity contribution in [2.45, 2.75) is 18.6 Å². The van der Waals surface area contributed by atoms with E-state index in [2.05, 4.69) is 11.4 Å². The largest absolute Gasteiger partial charge is 0.488 e. The highest BCUT2D eigenvalue weighted by Gasteiger charge is 2.29. The normalized spacial score (nSPS) is 19.0. The monoisotopic (exact) mass is 347 g/mol. The maximum absolute atomic E-state index is 12.5. The van der Waals surface area contributed by atoms with Gasteiger partial charge in [-0.2, -0.15) is 10.5 Å². The van der Waals surface area contributed by atoms with Gasteiger partial charge < -0.3 is 14.8 Å². The van der Waals surface area contributed by atoms with Crippen molar-refractivity contribution in [1.29, 1.82) is 10.5 Å². The molecule has 1 fully saturated rings. The van der Waals surface area contributed by atoms with E-state index in [0.29, 0.717) is 42.1 Å². The van der Waals surface area contributed by atoms with Gasteiger partial charge in [0.2, 0.25) is 0 Å². The van der Waals surface area contributed by atoms with Gasteiger partial charge in [0.15, 0.2) is 0 Å². The first-order valence-corrected chi connectivity index (χ1v) is 8.25. The van der Waals surface area contributed by atoms with Crippen LogP contribution >= 0.6 is 0 Å². The SMILES string of the molecule is N#Cc1ccc(O[C@@H]2CCOC[C@H]2NC(=O)c2cccc(C#N)c2)cc1. The second kappa shape index (κ2) is 8.15. The van der Waals surface area contributed by atoms with Crippen LogP contribution in [0.25, 0.3) is 0 Å². The minimum Gasteiger partial charge on any atom is -0.488 e. The molecule has 0 saturated carbocycles. The molecule has 2 atom stereocenters. The van der Waals surface area contributed by atoms with Gasteiger partial charge in [-0.15, -0.1) is 0 Å². The maximum Gasteiger partial charge on any atom is 0.251 e. The molecule has 1 amide bonds. The highest BCUT2D eigenvalue weighted by molar-refractivity contribution is 5.94. The quantitative estimate of drug-likeness (QED) is 0.916. The summed E-state index contributed by atoms with van der Waals surface area (Å²) >= 11 is 0. The van der Waals surface area contributed by atoms with Crippen molar-refractivity contribution in [3.63, 3.8) is 0 Å². The maximum atomic E-state index is 12.5. The van der Waals surface area contributed by atoms with Crippen molar-refractivity contribution >= 4 is 5.91 Å². The van der Waals surface area contributed by atoms with Gasteiger partial charge >= 0.3 is 0 Å². The summed E-state index contributed by atoms with van der Waals surface area (Å²) in [6.07, 6.45) is 0.406. The molecule has 0 aliphatic carbocycles. The lowest BCUT2D eigenvalue weighted by Gasteiger charge is -2.32. The molecule has 1 N–H and O–H groups in total. The molecular formula is C20H17N3O3. The number of nitrogens with one attached hydrogen (secondary N) is 1. The predicted octanol–water partition coefficient (Wildman–Crippen LogP) is 2.40. The Hall–Kier alpha value is -3.35. The van der Waals surface area contributed by atoms with Gasteiger partial charge in [0.1, 0.15) is 11.9 Å². The Balaban J connectivity index is 1.69. The number of hydrogen-bond donors (Lipinski definition) is 1. The third kappa shape index (κ3) is 4.18. The highest BCUT2D eigenvalue weighted by atomic mass is 16.5. The molecule has 1 aliphatic heterocycles. The number of carbonyl (C=O) groups is 1. The molecule has 1 aliphatic rings. The van der Waals surface area contributed by atoms with Crippen LogP contribution in [-0.4, -0.2) is 31.3 Å². The Morgan fingerprint density at radius 3 is 2.62 bits per heavy atom. The summed E-state index contributed by atoms with van der Waals surface area (Å²) in [6.45, 7) is 0.905. The van der Waals surface area contributed by atoms with E-state index in [9.17, 15) is 4.79 Å². The van der Waals surface area contributed by atoms with Gasteiger partial charge in [-0.25, -0.2) is 0 Å². The number of nitriles is 2. The smallest absolute Gasteiger partial charge is 0.251 e. The predicted molar refractivity (Wildman–Crippen MR) is 93.4 cm³/mol. The van der Waals surface area contributed by atoms with E-state index >= 15 is 0 Å². The summed E-state index contributed by atoms with van der Waals surface area (Å²) in [7, 11) is 0. The number of benzene rings is 2. The Bertz CT molecular complexity index is 865. The van der Waals surface area contributed by atoms with Gasteiger partial charge in [0.05, 0.1) is 42.5 Å². The topological polar surface area (TPSA) is 95.1 Å². The van der Waals surface area contributed by atoms with Crippen LogP contribution in [0.1, 0.15) is 27.9 Å². The first kappa shape index (κ1) is 17.5. The van der Waals surface area contributed by atoms with Crippen LogP contribution in [0, 0.1) is 22.7 Å². The number of carbonyl (C=O) groups excluding carboxylic acids is 1. The molecule has 6 heteroatoms. The molecule has 0 bridgehead atoms. The summed E-state index contributed by atoms with van der Waals surface area (Å²) in [5.41, 5.74) is 1.42. The lowest BCUT2D eigenvalue weighted by molar-refractivity contribution is -0.00288. The van der Waals surface area contributed by atoms with E-state index in [-0.39, 0.29) is 18.1 Å². The Morgan fingerprint density at radius 1 is 1.12 bits per heavy atom. The van der Waals surface area contributed by atoms with Gasteiger partial charge in [-0.1, -0.05) is 6.07 Å². The van der Waals surface area contributed by atoms with Crippen molar-refractivity contribution < 1.29 is 14.3 Å². The average Bonchev–Trinajstić information content (AvgIpc) is 2.70. The molecule has 0 unspecified atom stereocenters. The van der Waals surface area contributed by atoms with Gasteiger partial charge in [0.25, 0.3) is 5.91 Å². The van der Waals surface area contributed by atoms with Gasteiger partial charge in [0, 0.05) is 12.0 Å². The lowest BCUT2D eigenvalue weighted by Crippen LogP contribution is -2.51. The van der Waals surface area contributed by atoms with Crippen LogP contribution in [0.15, 0.2) is 48.5 Å². The summed E-state index contributed by atoms with van der Waals surface area (Å²) in [5.74, 6) is 0.368. The number of ether oxygens (including phenoxy) is 2. The fourth-order valence-electron chi connectivity index (χ4n) is 2.76. The van der Waals surface area contributed by atoms with E-state index in [0.717, 1.165) is 0 Å². The Labute approximate surface area is 151 Å². The molecule has 6 nitrogen and oxygen atoms in total. The summed E-state index contributed by atoms with van der Waals surface area (Å²) in [4.78, 5) is 12.5. The van der Waals surface area contributed by atoms with Crippen molar-refractivity contribution in [2.24, 2.45) is 0 Å². The number of hydrogen-bond acceptors (Lipinski definition) is 5. The number of nitrogens with zero attached hydrogens (tertiary/aromatic N) is 2. The Kier molecular flexibility index (Phi) is 5.48. The molecular weight excluding hydrogens is 330 g/mol. The fraction of sp³-hybridized carbons (Fsp3) is 0.250. The summed E-state index contributed by atoms with van der Waals surface area (Å²) < 4.78 is 11.5. The zero-order chi connectivity index (χ0) is 18.4. The molecule has 130 valence electrons. The molecule has 1 heterocycles. The van der Waals surface area contributed by atoms with E-state index < -0.39 is 0 Å². The second-order valence-electron chi connectivity index (χ2n) is 5.93. The zero-order valence-corrected chi connectivity index (χ0v) is 14.0. The fourth-order valence-corrected chi connectivity index (χ4v) is 2.76. The van der Waals surface area contributed by atoms with Gasteiger partial charge in [-0.05, 0) is 42.5 Å². The van der Waals surface area contributed by atoms with E-state index in [1.165, 1.54) is 0 Å². The minimum atomic E-state index is -0.308. The summed E-state index contributed by atoms with van der Waals surface area (Å²) in [5, 5.41) is 20.8. The second-order valence-corrected chi connectivity index (χ2v) is 5.93. The highest BCUT2D eigenvalue weighted by Crippen LogP contribution is 2.19.